The van der Waals surface area contributed by atoms with E-state index < -0.39 is 0 Å². The lowest BCUT2D eigenvalue weighted by molar-refractivity contribution is 0.419. The molecule has 0 saturated heterocycles. The average molecular weight is 253 g/mol. The van der Waals surface area contributed by atoms with Crippen LogP contribution in [-0.4, -0.2) is 18.2 Å². The number of nitrogens with two attached hydrogens (primary N) is 1. The molecule has 0 aliphatic heterocycles. The van der Waals surface area contributed by atoms with Crippen LogP contribution in [0, 0.1) is 0 Å². The van der Waals surface area contributed by atoms with Gasteiger partial charge in [0.2, 0.25) is 0 Å². The second-order valence-corrected chi connectivity index (χ2v) is 4.04. The summed E-state index contributed by atoms with van der Waals surface area (Å²) < 4.78 is 7.06. The van der Waals surface area contributed by atoms with E-state index in [0.717, 1.165) is 0 Å². The van der Waals surface area contributed by atoms with Crippen molar-refractivity contribution in [2.24, 2.45) is 5.73 Å². The first-order valence-electron chi connectivity index (χ1n) is 5.24. The molecule has 0 aliphatic rings. The van der Waals surface area contributed by atoms with Crippen molar-refractivity contribution in [2.45, 2.75) is 6.54 Å². The molecule has 0 spiro atoms. The number of fused-ring (bicyclic) bond motifs is 1. The molecule has 2 aromatic rings. The van der Waals surface area contributed by atoms with Gasteiger partial charge in [0.1, 0.15) is 5.75 Å². The van der Waals surface area contributed by atoms with Gasteiger partial charge in [0.15, 0.2) is 5.43 Å². The molecule has 5 heteroatoms. The van der Waals surface area contributed by atoms with Crippen LogP contribution in [0.1, 0.15) is 0 Å². The van der Waals surface area contributed by atoms with Gasteiger partial charge < -0.3 is 15.0 Å². The van der Waals surface area contributed by atoms with Gasteiger partial charge in [-0.2, -0.15) is 0 Å². The van der Waals surface area contributed by atoms with E-state index in [1.54, 1.807) is 18.3 Å². The van der Waals surface area contributed by atoms with Crippen LogP contribution in [-0.2, 0) is 6.54 Å². The Labute approximate surface area is 104 Å². The molecule has 0 unspecified atom stereocenters. The van der Waals surface area contributed by atoms with Crippen LogP contribution >= 0.6 is 11.6 Å². The lowest BCUT2D eigenvalue weighted by atomic mass is 10.2. The van der Waals surface area contributed by atoms with Gasteiger partial charge in [-0.3, -0.25) is 4.79 Å². The number of methoxy groups -OCH3 is 1. The Morgan fingerprint density at radius 3 is 2.82 bits per heavy atom. The predicted octanol–water partition coefficient (Wildman–Crippen LogP) is 1.62. The number of pyridine rings is 1. The molecule has 0 bridgehead atoms. The van der Waals surface area contributed by atoms with E-state index in [9.17, 15) is 4.79 Å². The minimum atomic E-state index is -0.104. The smallest absolute Gasteiger partial charge is 0.193 e. The molecule has 4 nitrogen and oxygen atoms in total. The lowest BCUT2D eigenvalue weighted by Crippen LogP contribution is -2.14. The molecule has 0 amide bonds. The van der Waals surface area contributed by atoms with Gasteiger partial charge in [0, 0.05) is 25.4 Å². The number of aromatic nitrogens is 1. The zero-order chi connectivity index (χ0) is 12.4. The van der Waals surface area contributed by atoms with Gasteiger partial charge in [-0.15, -0.1) is 0 Å². The first-order chi connectivity index (χ1) is 8.19. The van der Waals surface area contributed by atoms with Crippen LogP contribution in [0.3, 0.4) is 0 Å². The molecule has 0 radical (unpaired) electrons. The zero-order valence-corrected chi connectivity index (χ0v) is 10.2. The summed E-state index contributed by atoms with van der Waals surface area (Å²) in [5.41, 5.74) is 6.10. The van der Waals surface area contributed by atoms with Crippen molar-refractivity contribution in [2.75, 3.05) is 13.7 Å². The summed E-state index contributed by atoms with van der Waals surface area (Å²) in [4.78, 5) is 11.9. The molecule has 2 rings (SSSR count). The van der Waals surface area contributed by atoms with Gasteiger partial charge in [-0.1, -0.05) is 11.6 Å². The Bertz CT molecular complexity index is 607. The van der Waals surface area contributed by atoms with E-state index in [-0.39, 0.29) is 5.43 Å². The average Bonchev–Trinajstić information content (AvgIpc) is 2.33. The monoisotopic (exact) mass is 252 g/mol. The van der Waals surface area contributed by atoms with Gasteiger partial charge in [0.25, 0.3) is 0 Å². The van der Waals surface area contributed by atoms with E-state index in [1.807, 2.05) is 4.57 Å². The Morgan fingerprint density at radius 1 is 1.41 bits per heavy atom. The van der Waals surface area contributed by atoms with Crippen LogP contribution in [0.5, 0.6) is 5.75 Å². The summed E-state index contributed by atoms with van der Waals surface area (Å²) in [6, 6.07) is 4.91. The Hall–Kier alpha value is -1.52. The third-order valence-corrected chi connectivity index (χ3v) is 2.92. The predicted molar refractivity (Wildman–Crippen MR) is 68.8 cm³/mol. The van der Waals surface area contributed by atoms with Crippen molar-refractivity contribution in [1.82, 2.24) is 4.57 Å². The van der Waals surface area contributed by atoms with Crippen LogP contribution in [0.25, 0.3) is 10.9 Å². The Kier molecular flexibility index (Phi) is 3.36. The molecular weight excluding hydrogens is 240 g/mol. The lowest BCUT2D eigenvalue weighted by Gasteiger charge is -2.12. The number of halogens is 1. The molecule has 1 aromatic heterocycles. The summed E-state index contributed by atoms with van der Waals surface area (Å²) in [5.74, 6) is 0.528. The van der Waals surface area contributed by atoms with Gasteiger partial charge >= 0.3 is 0 Å². The van der Waals surface area contributed by atoms with E-state index in [0.29, 0.717) is 34.8 Å². The largest absolute Gasteiger partial charge is 0.496 e. The molecule has 2 N–H and O–H groups in total. The fraction of sp³-hybridized carbons (Fsp3) is 0.250. The van der Waals surface area contributed by atoms with Crippen molar-refractivity contribution in [1.29, 1.82) is 0 Å². The summed E-state index contributed by atoms with van der Waals surface area (Å²) in [5, 5.41) is 1.02. The number of nitrogens with zero attached hydrogens (tertiary/aromatic N) is 1. The van der Waals surface area contributed by atoms with Crippen LogP contribution in [0.15, 0.2) is 29.2 Å². The Morgan fingerprint density at radius 2 is 2.18 bits per heavy atom. The van der Waals surface area contributed by atoms with Crippen molar-refractivity contribution in [3.63, 3.8) is 0 Å². The van der Waals surface area contributed by atoms with Crippen LogP contribution < -0.4 is 15.9 Å². The van der Waals surface area contributed by atoms with Crippen molar-refractivity contribution < 1.29 is 4.74 Å². The minimum absolute atomic E-state index is 0.104. The topological polar surface area (TPSA) is 57.2 Å². The highest BCUT2D eigenvalue weighted by molar-refractivity contribution is 6.35. The molecule has 0 fully saturated rings. The molecule has 0 saturated carbocycles. The van der Waals surface area contributed by atoms with E-state index in [4.69, 9.17) is 22.1 Å². The number of ether oxygens (including phenoxy) is 1. The van der Waals surface area contributed by atoms with Gasteiger partial charge in [-0.25, -0.2) is 0 Å². The maximum atomic E-state index is 11.9. The van der Waals surface area contributed by atoms with E-state index in [2.05, 4.69) is 0 Å². The first-order valence-corrected chi connectivity index (χ1v) is 5.62. The summed E-state index contributed by atoms with van der Waals surface area (Å²) in [7, 11) is 1.53. The van der Waals surface area contributed by atoms with Gasteiger partial charge in [0.05, 0.1) is 23.0 Å². The minimum Gasteiger partial charge on any atom is -0.496 e. The van der Waals surface area contributed by atoms with Crippen LogP contribution in [0.2, 0.25) is 5.02 Å². The highest BCUT2D eigenvalue weighted by atomic mass is 35.5. The van der Waals surface area contributed by atoms with Crippen molar-refractivity contribution >= 4 is 22.5 Å². The molecular formula is C12H13ClN2O2. The van der Waals surface area contributed by atoms with Crippen LogP contribution in [0.4, 0.5) is 0 Å². The highest BCUT2D eigenvalue weighted by Gasteiger charge is 2.11. The fourth-order valence-corrected chi connectivity index (χ4v) is 2.14. The second kappa shape index (κ2) is 4.77. The standard InChI is InChI=1S/C12H13ClN2O2/c1-17-10-3-2-8(13)12-11(10)9(16)4-6-15(12)7-5-14/h2-4,6H,5,7,14H2,1H3. The molecule has 1 heterocycles. The van der Waals surface area contributed by atoms with Crippen molar-refractivity contribution in [3.8, 4) is 5.75 Å². The molecule has 17 heavy (non-hydrogen) atoms. The fourth-order valence-electron chi connectivity index (χ4n) is 1.88. The highest BCUT2D eigenvalue weighted by Crippen LogP contribution is 2.28. The molecule has 0 aliphatic carbocycles. The normalized spacial score (nSPS) is 10.8. The van der Waals surface area contributed by atoms with Crippen molar-refractivity contribution in [3.05, 3.63) is 39.6 Å². The molecule has 1 aromatic carbocycles. The molecule has 90 valence electrons. The van der Waals surface area contributed by atoms with Gasteiger partial charge in [-0.05, 0) is 12.1 Å². The first kappa shape index (κ1) is 12.0. The Balaban J connectivity index is 2.89. The summed E-state index contributed by atoms with van der Waals surface area (Å²) in [6.45, 7) is 1.08. The van der Waals surface area contributed by atoms with E-state index >= 15 is 0 Å². The van der Waals surface area contributed by atoms with E-state index in [1.165, 1.54) is 13.2 Å². The number of hydrogen-bond donors (Lipinski definition) is 1. The number of hydrogen-bond acceptors (Lipinski definition) is 3. The zero-order valence-electron chi connectivity index (χ0n) is 9.44. The number of rotatable bonds is 3. The third-order valence-electron chi connectivity index (χ3n) is 2.62. The third kappa shape index (κ3) is 2.01. The quantitative estimate of drug-likeness (QED) is 0.903. The summed E-state index contributed by atoms with van der Waals surface area (Å²) >= 11 is 6.14. The number of benzene rings is 1. The summed E-state index contributed by atoms with van der Waals surface area (Å²) in [6.07, 6.45) is 1.70. The second-order valence-electron chi connectivity index (χ2n) is 3.64. The maximum absolute atomic E-state index is 11.9. The SMILES string of the molecule is COc1ccc(Cl)c2c1c(=O)ccn2CCN. The maximum Gasteiger partial charge on any atom is 0.193 e. The molecule has 0 atom stereocenters.